The van der Waals surface area contributed by atoms with Crippen LogP contribution >= 0.6 is 22.6 Å². The van der Waals surface area contributed by atoms with Gasteiger partial charge in [-0.2, -0.15) is 0 Å². The maximum Gasteiger partial charge on any atom is 0.293 e. The van der Waals surface area contributed by atoms with Crippen LogP contribution in [0.1, 0.15) is 20.3 Å². The summed E-state index contributed by atoms with van der Waals surface area (Å²) in [6, 6.07) is 5.38. The molecule has 106 valence electrons. The van der Waals surface area contributed by atoms with Crippen LogP contribution in [0.25, 0.3) is 0 Å². The Hall–Kier alpha value is -0.890. The molecule has 1 unspecified atom stereocenters. The van der Waals surface area contributed by atoms with Gasteiger partial charge >= 0.3 is 0 Å². The molecule has 0 amide bonds. The van der Waals surface area contributed by atoms with E-state index in [2.05, 4.69) is 36.4 Å². The summed E-state index contributed by atoms with van der Waals surface area (Å²) in [5.41, 5.74) is 6.79. The summed E-state index contributed by atoms with van der Waals surface area (Å²) in [5.74, 6) is 0.417. The second-order valence-electron chi connectivity index (χ2n) is 5.01. The fourth-order valence-corrected chi connectivity index (χ4v) is 2.24. The van der Waals surface area contributed by atoms with E-state index in [0.29, 0.717) is 18.2 Å². The van der Waals surface area contributed by atoms with Gasteiger partial charge in [0.25, 0.3) is 5.69 Å². The SMILES string of the molecule is CC(C)C(N)CCN(C)c1ccc(I)cc1[N+](=O)[O-]. The minimum absolute atomic E-state index is 0.116. The van der Waals surface area contributed by atoms with Crippen LogP contribution in [0.2, 0.25) is 0 Å². The summed E-state index contributed by atoms with van der Waals surface area (Å²) in [6.07, 6.45) is 0.817. The number of rotatable bonds is 6. The van der Waals surface area contributed by atoms with Crippen molar-refractivity contribution >= 4 is 34.0 Å². The van der Waals surface area contributed by atoms with Crippen molar-refractivity contribution in [2.24, 2.45) is 11.7 Å². The number of anilines is 1. The molecule has 0 aliphatic rings. The Morgan fingerprint density at radius 3 is 2.63 bits per heavy atom. The lowest BCUT2D eigenvalue weighted by Gasteiger charge is -2.23. The maximum absolute atomic E-state index is 11.1. The molecule has 0 radical (unpaired) electrons. The number of nitrogens with two attached hydrogens (primary N) is 1. The summed E-state index contributed by atoms with van der Waals surface area (Å²) in [6.45, 7) is 4.87. The summed E-state index contributed by atoms with van der Waals surface area (Å²) in [5, 5.41) is 11.1. The highest BCUT2D eigenvalue weighted by molar-refractivity contribution is 14.1. The van der Waals surface area contributed by atoms with Crippen LogP contribution in [0.5, 0.6) is 0 Å². The topological polar surface area (TPSA) is 72.4 Å². The molecule has 1 aromatic rings. The molecular weight excluding hydrogens is 357 g/mol. The van der Waals surface area contributed by atoms with Crippen molar-refractivity contribution in [2.75, 3.05) is 18.5 Å². The molecule has 1 atom stereocenters. The molecule has 0 aliphatic heterocycles. The average molecular weight is 377 g/mol. The maximum atomic E-state index is 11.1. The number of benzene rings is 1. The number of nitro groups is 1. The van der Waals surface area contributed by atoms with Crippen LogP contribution in [-0.4, -0.2) is 24.6 Å². The Kier molecular flexibility index (Phi) is 5.99. The number of halogens is 1. The van der Waals surface area contributed by atoms with Gasteiger partial charge in [0.05, 0.1) is 4.92 Å². The van der Waals surface area contributed by atoms with Gasteiger partial charge in [-0.15, -0.1) is 0 Å². The zero-order valence-electron chi connectivity index (χ0n) is 11.5. The fourth-order valence-electron chi connectivity index (χ4n) is 1.76. The van der Waals surface area contributed by atoms with Gasteiger partial charge in [0.15, 0.2) is 0 Å². The molecule has 5 nitrogen and oxygen atoms in total. The second-order valence-corrected chi connectivity index (χ2v) is 6.25. The molecule has 1 rings (SSSR count). The van der Waals surface area contributed by atoms with Crippen LogP contribution < -0.4 is 10.6 Å². The molecule has 0 saturated heterocycles. The first-order valence-corrected chi connectivity index (χ1v) is 7.31. The smallest absolute Gasteiger partial charge is 0.293 e. The summed E-state index contributed by atoms with van der Waals surface area (Å²) in [4.78, 5) is 12.6. The Morgan fingerprint density at radius 1 is 1.47 bits per heavy atom. The second kappa shape index (κ2) is 7.04. The molecule has 0 spiro atoms. The third kappa shape index (κ3) is 4.61. The highest BCUT2D eigenvalue weighted by Crippen LogP contribution is 2.29. The van der Waals surface area contributed by atoms with Crippen molar-refractivity contribution in [1.29, 1.82) is 0 Å². The monoisotopic (exact) mass is 377 g/mol. The van der Waals surface area contributed by atoms with E-state index < -0.39 is 0 Å². The molecule has 0 bridgehead atoms. The van der Waals surface area contributed by atoms with Crippen molar-refractivity contribution in [3.05, 3.63) is 31.9 Å². The van der Waals surface area contributed by atoms with Crippen LogP contribution in [0.4, 0.5) is 11.4 Å². The Bertz CT molecular complexity index is 452. The first-order chi connectivity index (χ1) is 8.82. The summed E-state index contributed by atoms with van der Waals surface area (Å²) in [7, 11) is 1.86. The number of nitro benzene ring substituents is 1. The van der Waals surface area contributed by atoms with Gasteiger partial charge in [0.2, 0.25) is 0 Å². The van der Waals surface area contributed by atoms with Crippen LogP contribution in [0.15, 0.2) is 18.2 Å². The molecule has 6 heteroatoms. The lowest BCUT2D eigenvalue weighted by Crippen LogP contribution is -2.32. The zero-order chi connectivity index (χ0) is 14.6. The predicted molar refractivity (Wildman–Crippen MR) is 86.5 cm³/mol. The van der Waals surface area contributed by atoms with Gasteiger partial charge in [-0.05, 0) is 47.1 Å². The molecule has 0 heterocycles. The lowest BCUT2D eigenvalue weighted by atomic mass is 10.0. The Labute approximate surface area is 127 Å². The minimum atomic E-state index is -0.337. The van der Waals surface area contributed by atoms with Crippen LogP contribution in [-0.2, 0) is 0 Å². The predicted octanol–water partition coefficient (Wildman–Crippen LogP) is 3.01. The van der Waals surface area contributed by atoms with Gasteiger partial charge < -0.3 is 10.6 Å². The van der Waals surface area contributed by atoms with Crippen molar-refractivity contribution in [3.63, 3.8) is 0 Å². The summed E-state index contributed by atoms with van der Waals surface area (Å²) >= 11 is 2.08. The highest BCUT2D eigenvalue weighted by atomic mass is 127. The highest BCUT2D eigenvalue weighted by Gasteiger charge is 2.18. The third-order valence-electron chi connectivity index (χ3n) is 3.20. The Morgan fingerprint density at radius 2 is 2.11 bits per heavy atom. The van der Waals surface area contributed by atoms with Gasteiger partial charge in [-0.3, -0.25) is 10.1 Å². The minimum Gasteiger partial charge on any atom is -0.369 e. The molecule has 0 aliphatic carbocycles. The standard InChI is InChI=1S/C13H20IN3O2/c1-9(2)11(15)6-7-16(3)12-5-4-10(14)8-13(12)17(18)19/h4-5,8-9,11H,6-7,15H2,1-3H3. The van der Waals surface area contributed by atoms with Crippen LogP contribution in [0.3, 0.4) is 0 Å². The normalized spacial score (nSPS) is 12.5. The van der Waals surface area contributed by atoms with Gasteiger partial charge in [-0.1, -0.05) is 13.8 Å². The van der Waals surface area contributed by atoms with E-state index in [1.807, 2.05) is 18.0 Å². The van der Waals surface area contributed by atoms with E-state index in [9.17, 15) is 10.1 Å². The van der Waals surface area contributed by atoms with Crippen LogP contribution in [0, 0.1) is 19.6 Å². The first kappa shape index (κ1) is 16.2. The number of hydrogen-bond acceptors (Lipinski definition) is 4. The van der Waals surface area contributed by atoms with E-state index in [1.165, 1.54) is 0 Å². The van der Waals surface area contributed by atoms with E-state index in [0.717, 1.165) is 9.99 Å². The van der Waals surface area contributed by atoms with Crippen molar-refractivity contribution in [2.45, 2.75) is 26.3 Å². The van der Waals surface area contributed by atoms with Crippen molar-refractivity contribution < 1.29 is 4.92 Å². The molecule has 0 aromatic heterocycles. The van der Waals surface area contributed by atoms with E-state index in [-0.39, 0.29) is 16.7 Å². The number of nitrogens with zero attached hydrogens (tertiary/aromatic N) is 2. The molecule has 2 N–H and O–H groups in total. The third-order valence-corrected chi connectivity index (χ3v) is 3.87. The zero-order valence-corrected chi connectivity index (χ0v) is 13.6. The fraction of sp³-hybridized carbons (Fsp3) is 0.538. The van der Waals surface area contributed by atoms with Crippen molar-refractivity contribution in [3.8, 4) is 0 Å². The van der Waals surface area contributed by atoms with Gasteiger partial charge in [0.1, 0.15) is 5.69 Å². The molecule has 19 heavy (non-hydrogen) atoms. The van der Waals surface area contributed by atoms with Crippen molar-refractivity contribution in [1.82, 2.24) is 0 Å². The quantitative estimate of drug-likeness (QED) is 0.470. The van der Waals surface area contributed by atoms with E-state index >= 15 is 0 Å². The first-order valence-electron chi connectivity index (χ1n) is 6.23. The van der Waals surface area contributed by atoms with E-state index in [4.69, 9.17) is 5.73 Å². The van der Waals surface area contributed by atoms with Gasteiger partial charge in [-0.25, -0.2) is 0 Å². The largest absolute Gasteiger partial charge is 0.369 e. The molecule has 0 fully saturated rings. The molecular formula is C13H20IN3O2. The molecule has 0 saturated carbocycles. The van der Waals surface area contributed by atoms with Gasteiger partial charge in [0, 0.05) is 29.3 Å². The average Bonchev–Trinajstić information content (AvgIpc) is 2.35. The lowest BCUT2D eigenvalue weighted by molar-refractivity contribution is -0.384. The Balaban J connectivity index is 2.82. The number of hydrogen-bond donors (Lipinski definition) is 1. The molecule has 1 aromatic carbocycles. The summed E-state index contributed by atoms with van der Waals surface area (Å²) < 4.78 is 0.861. The van der Waals surface area contributed by atoms with E-state index in [1.54, 1.807) is 12.1 Å².